The highest BCUT2D eigenvalue weighted by Gasteiger charge is 2.18. The second kappa shape index (κ2) is 8.44. The summed E-state index contributed by atoms with van der Waals surface area (Å²) in [7, 11) is 0. The molecule has 0 aliphatic heterocycles. The summed E-state index contributed by atoms with van der Waals surface area (Å²) in [5.74, 6) is 0.0795. The lowest BCUT2D eigenvalue weighted by Crippen LogP contribution is -2.41. The molecule has 0 aromatic carbocycles. The monoisotopic (exact) mass is 247 g/mol. The second-order valence-electron chi connectivity index (χ2n) is 4.17. The maximum absolute atomic E-state index is 11.4. The summed E-state index contributed by atoms with van der Waals surface area (Å²) in [5.41, 5.74) is 0. The first-order valence-electron chi connectivity index (χ1n) is 5.48. The molecule has 5 heteroatoms. The molecule has 94 valence electrons. The van der Waals surface area contributed by atoms with Crippen molar-refractivity contribution >= 4 is 23.6 Å². The van der Waals surface area contributed by atoms with Crippen molar-refractivity contribution in [1.29, 1.82) is 0 Å². The third-order valence-corrected chi connectivity index (χ3v) is 2.84. The van der Waals surface area contributed by atoms with Gasteiger partial charge in [0.2, 0.25) is 5.91 Å². The number of amides is 1. The Morgan fingerprint density at radius 1 is 1.31 bits per heavy atom. The minimum atomic E-state index is -0.952. The smallest absolute Gasteiger partial charge is 0.326 e. The number of carboxylic acids is 1. The summed E-state index contributed by atoms with van der Waals surface area (Å²) in [6.45, 7) is 4.07. The van der Waals surface area contributed by atoms with Gasteiger partial charge in [-0.2, -0.15) is 11.8 Å². The van der Waals surface area contributed by atoms with E-state index in [4.69, 9.17) is 5.11 Å². The molecule has 0 aliphatic rings. The average Bonchev–Trinajstić information content (AvgIpc) is 2.20. The lowest BCUT2D eigenvalue weighted by molar-refractivity contribution is -0.141. The van der Waals surface area contributed by atoms with Crippen molar-refractivity contribution in [2.45, 2.75) is 39.2 Å². The molecule has 0 aromatic rings. The number of thioether (sulfide) groups is 1. The van der Waals surface area contributed by atoms with Gasteiger partial charge < -0.3 is 10.4 Å². The van der Waals surface area contributed by atoms with Gasteiger partial charge in [-0.15, -0.1) is 0 Å². The van der Waals surface area contributed by atoms with Crippen LogP contribution in [0.25, 0.3) is 0 Å². The first-order valence-corrected chi connectivity index (χ1v) is 6.87. The summed E-state index contributed by atoms with van der Waals surface area (Å²) >= 11 is 1.58. The van der Waals surface area contributed by atoms with Crippen molar-refractivity contribution in [3.05, 3.63) is 0 Å². The largest absolute Gasteiger partial charge is 0.480 e. The Labute approximate surface area is 101 Å². The van der Waals surface area contributed by atoms with E-state index in [1.807, 2.05) is 20.1 Å². The number of nitrogens with one attached hydrogen (secondary N) is 1. The van der Waals surface area contributed by atoms with E-state index in [9.17, 15) is 9.59 Å². The van der Waals surface area contributed by atoms with Crippen LogP contribution in [-0.4, -0.2) is 35.0 Å². The second-order valence-corrected chi connectivity index (χ2v) is 5.16. The third-order valence-electron chi connectivity index (χ3n) is 2.19. The molecular weight excluding hydrogens is 226 g/mol. The average molecular weight is 247 g/mol. The molecule has 0 heterocycles. The fourth-order valence-corrected chi connectivity index (χ4v) is 1.65. The van der Waals surface area contributed by atoms with Crippen LogP contribution in [0.1, 0.15) is 33.1 Å². The van der Waals surface area contributed by atoms with Gasteiger partial charge in [0.1, 0.15) is 6.04 Å². The van der Waals surface area contributed by atoms with E-state index in [2.05, 4.69) is 5.32 Å². The van der Waals surface area contributed by atoms with Crippen molar-refractivity contribution in [2.75, 3.05) is 12.0 Å². The van der Waals surface area contributed by atoms with Gasteiger partial charge in [-0.1, -0.05) is 13.8 Å². The predicted octanol–water partition coefficient (Wildman–Crippen LogP) is 1.75. The molecule has 1 atom stereocenters. The SMILES string of the molecule is CSCC[C@H](NC(=O)CCC(C)C)C(=O)O. The zero-order valence-corrected chi connectivity index (χ0v) is 11.0. The van der Waals surface area contributed by atoms with Gasteiger partial charge in [0, 0.05) is 6.42 Å². The minimum absolute atomic E-state index is 0.165. The molecule has 2 N–H and O–H groups in total. The molecule has 0 saturated heterocycles. The number of aliphatic carboxylic acids is 1. The number of carboxylic acid groups (broad SMARTS) is 1. The number of carbonyl (C=O) groups excluding carboxylic acids is 1. The molecule has 0 aromatic heterocycles. The summed E-state index contributed by atoms with van der Waals surface area (Å²) in [6.07, 6.45) is 3.59. The highest BCUT2D eigenvalue weighted by molar-refractivity contribution is 7.98. The fourth-order valence-electron chi connectivity index (χ4n) is 1.18. The van der Waals surface area contributed by atoms with Crippen LogP contribution in [0.4, 0.5) is 0 Å². The zero-order valence-electron chi connectivity index (χ0n) is 10.2. The Kier molecular flexibility index (Phi) is 8.07. The van der Waals surface area contributed by atoms with E-state index < -0.39 is 12.0 Å². The van der Waals surface area contributed by atoms with Crippen LogP contribution in [0, 0.1) is 5.92 Å². The first-order chi connectivity index (χ1) is 7.47. The standard InChI is InChI=1S/C11H21NO3S/c1-8(2)4-5-10(13)12-9(11(14)15)6-7-16-3/h8-9H,4-7H2,1-3H3,(H,12,13)(H,14,15)/t9-/m0/s1. The van der Waals surface area contributed by atoms with Gasteiger partial charge in [0.05, 0.1) is 0 Å². The maximum Gasteiger partial charge on any atom is 0.326 e. The van der Waals surface area contributed by atoms with Crippen LogP contribution in [0.5, 0.6) is 0 Å². The topological polar surface area (TPSA) is 66.4 Å². The van der Waals surface area contributed by atoms with E-state index in [0.29, 0.717) is 18.8 Å². The van der Waals surface area contributed by atoms with Crippen molar-refractivity contribution in [3.8, 4) is 0 Å². The van der Waals surface area contributed by atoms with Gasteiger partial charge >= 0.3 is 5.97 Å². The van der Waals surface area contributed by atoms with E-state index in [0.717, 1.165) is 12.2 Å². The lowest BCUT2D eigenvalue weighted by Gasteiger charge is -2.14. The Balaban J connectivity index is 3.98. The minimum Gasteiger partial charge on any atom is -0.480 e. The summed E-state index contributed by atoms with van der Waals surface area (Å²) in [5, 5.41) is 11.5. The number of hydrogen-bond acceptors (Lipinski definition) is 3. The zero-order chi connectivity index (χ0) is 12.6. The third kappa shape index (κ3) is 7.56. The van der Waals surface area contributed by atoms with Gasteiger partial charge in [-0.25, -0.2) is 4.79 Å². The fraction of sp³-hybridized carbons (Fsp3) is 0.818. The Morgan fingerprint density at radius 2 is 1.94 bits per heavy atom. The van der Waals surface area contributed by atoms with Gasteiger partial charge in [0.25, 0.3) is 0 Å². The van der Waals surface area contributed by atoms with Gasteiger partial charge in [0.15, 0.2) is 0 Å². The molecule has 0 bridgehead atoms. The molecule has 4 nitrogen and oxygen atoms in total. The van der Waals surface area contributed by atoms with Crippen molar-refractivity contribution in [1.82, 2.24) is 5.32 Å². The molecule has 1 amide bonds. The van der Waals surface area contributed by atoms with E-state index in [-0.39, 0.29) is 5.91 Å². The van der Waals surface area contributed by atoms with E-state index >= 15 is 0 Å². The summed E-state index contributed by atoms with van der Waals surface area (Å²) in [6, 6.07) is -0.743. The number of rotatable bonds is 8. The van der Waals surface area contributed by atoms with Crippen LogP contribution in [0.3, 0.4) is 0 Å². The van der Waals surface area contributed by atoms with E-state index in [1.165, 1.54) is 0 Å². The van der Waals surface area contributed by atoms with Crippen LogP contribution in [0.2, 0.25) is 0 Å². The summed E-state index contributed by atoms with van der Waals surface area (Å²) < 4.78 is 0. The molecule has 0 aliphatic carbocycles. The molecule has 0 rings (SSSR count). The molecular formula is C11H21NO3S. The van der Waals surface area contributed by atoms with Crippen LogP contribution in [-0.2, 0) is 9.59 Å². The Hall–Kier alpha value is -0.710. The molecule has 0 fully saturated rings. The summed E-state index contributed by atoms with van der Waals surface area (Å²) in [4.78, 5) is 22.3. The lowest BCUT2D eigenvalue weighted by atomic mass is 10.1. The van der Waals surface area contributed by atoms with Crippen LogP contribution in [0.15, 0.2) is 0 Å². The van der Waals surface area contributed by atoms with Gasteiger partial charge in [-0.3, -0.25) is 4.79 Å². The Bertz CT molecular complexity index is 231. The molecule has 0 saturated carbocycles. The highest BCUT2D eigenvalue weighted by Crippen LogP contribution is 2.05. The van der Waals surface area contributed by atoms with Crippen molar-refractivity contribution in [2.24, 2.45) is 5.92 Å². The molecule has 0 unspecified atom stereocenters. The van der Waals surface area contributed by atoms with Crippen molar-refractivity contribution in [3.63, 3.8) is 0 Å². The molecule has 0 spiro atoms. The van der Waals surface area contributed by atoms with Crippen molar-refractivity contribution < 1.29 is 14.7 Å². The number of hydrogen-bond donors (Lipinski definition) is 2. The van der Waals surface area contributed by atoms with E-state index in [1.54, 1.807) is 11.8 Å². The highest BCUT2D eigenvalue weighted by atomic mass is 32.2. The predicted molar refractivity (Wildman–Crippen MR) is 66.6 cm³/mol. The molecule has 16 heavy (non-hydrogen) atoms. The maximum atomic E-state index is 11.4. The first kappa shape index (κ1) is 15.3. The molecule has 0 radical (unpaired) electrons. The quantitative estimate of drug-likeness (QED) is 0.685. The normalized spacial score (nSPS) is 12.5. The van der Waals surface area contributed by atoms with Gasteiger partial charge in [-0.05, 0) is 30.8 Å². The van der Waals surface area contributed by atoms with Crippen LogP contribution < -0.4 is 5.32 Å². The number of carbonyl (C=O) groups is 2. The Morgan fingerprint density at radius 3 is 2.38 bits per heavy atom. The van der Waals surface area contributed by atoms with Crippen LogP contribution >= 0.6 is 11.8 Å².